The summed E-state index contributed by atoms with van der Waals surface area (Å²) in [5, 5.41) is 0. The molecule has 1 unspecified atom stereocenters. The molecule has 0 saturated carbocycles. The lowest BCUT2D eigenvalue weighted by Crippen LogP contribution is -2.50. The average molecular weight is 234 g/mol. The summed E-state index contributed by atoms with van der Waals surface area (Å²) in [4.78, 5) is 9.36. The first-order chi connectivity index (χ1) is 8.10. The van der Waals surface area contributed by atoms with Crippen molar-refractivity contribution in [1.82, 2.24) is 9.88 Å². The van der Waals surface area contributed by atoms with Gasteiger partial charge in [0.25, 0.3) is 0 Å². The maximum Gasteiger partial charge on any atom is 0.129 e. The number of likely N-dealkylation sites (N-methyl/N-ethyl adjacent to an activating group) is 1. The van der Waals surface area contributed by atoms with Crippen LogP contribution < -0.4 is 10.6 Å². The highest BCUT2D eigenvalue weighted by Crippen LogP contribution is 2.18. The predicted octanol–water partition coefficient (Wildman–Crippen LogP) is 0.989. The Morgan fingerprint density at radius 2 is 2.18 bits per heavy atom. The van der Waals surface area contributed by atoms with Crippen molar-refractivity contribution in [3.8, 4) is 0 Å². The van der Waals surface area contributed by atoms with Gasteiger partial charge in [0.1, 0.15) is 5.82 Å². The number of pyridine rings is 1. The minimum atomic E-state index is 0.576. The highest BCUT2D eigenvalue weighted by atomic mass is 15.3. The third kappa shape index (κ3) is 2.76. The smallest absolute Gasteiger partial charge is 0.129 e. The monoisotopic (exact) mass is 234 g/mol. The maximum atomic E-state index is 5.71. The van der Waals surface area contributed by atoms with Gasteiger partial charge in [-0.1, -0.05) is 0 Å². The number of aromatic nitrogens is 1. The topological polar surface area (TPSA) is 45.4 Å². The molecule has 1 atom stereocenters. The van der Waals surface area contributed by atoms with E-state index in [1.54, 1.807) is 0 Å². The number of hydrogen-bond acceptors (Lipinski definition) is 4. The second kappa shape index (κ2) is 5.02. The Labute approximate surface area is 103 Å². The molecule has 4 nitrogen and oxygen atoms in total. The van der Waals surface area contributed by atoms with Gasteiger partial charge >= 0.3 is 0 Å². The molecule has 1 saturated heterocycles. The van der Waals surface area contributed by atoms with Crippen LogP contribution in [0.3, 0.4) is 0 Å². The van der Waals surface area contributed by atoms with Crippen LogP contribution in [0.25, 0.3) is 0 Å². The molecule has 17 heavy (non-hydrogen) atoms. The molecule has 0 bridgehead atoms. The quantitative estimate of drug-likeness (QED) is 0.829. The summed E-state index contributed by atoms with van der Waals surface area (Å²) in [6, 6.07) is 4.75. The van der Waals surface area contributed by atoms with Crippen molar-refractivity contribution in [3.63, 3.8) is 0 Å². The molecule has 0 amide bonds. The zero-order chi connectivity index (χ0) is 12.4. The molecule has 1 aromatic heterocycles. The number of aryl methyl sites for hydroxylation is 1. The van der Waals surface area contributed by atoms with E-state index in [0.717, 1.165) is 31.1 Å². The SMILES string of the molecule is Cc1cc(CN)cc(N2CCN(C)C(C)C2)n1. The van der Waals surface area contributed by atoms with Gasteiger partial charge < -0.3 is 15.5 Å². The van der Waals surface area contributed by atoms with Gasteiger partial charge in [-0.2, -0.15) is 0 Å². The molecule has 1 aliphatic heterocycles. The summed E-state index contributed by atoms with van der Waals surface area (Å²) >= 11 is 0. The van der Waals surface area contributed by atoms with Crippen LogP contribution in [0.5, 0.6) is 0 Å². The summed E-state index contributed by atoms with van der Waals surface area (Å²) < 4.78 is 0. The fourth-order valence-electron chi connectivity index (χ4n) is 2.26. The molecule has 94 valence electrons. The van der Waals surface area contributed by atoms with Crippen LogP contribution in [-0.2, 0) is 6.54 Å². The highest BCUT2D eigenvalue weighted by Gasteiger charge is 2.21. The zero-order valence-electron chi connectivity index (χ0n) is 11.0. The summed E-state index contributed by atoms with van der Waals surface area (Å²) in [5.74, 6) is 1.07. The van der Waals surface area contributed by atoms with E-state index in [1.165, 1.54) is 5.56 Å². The second-order valence-corrected chi connectivity index (χ2v) is 4.95. The second-order valence-electron chi connectivity index (χ2n) is 4.95. The van der Waals surface area contributed by atoms with Gasteiger partial charge in [-0.3, -0.25) is 0 Å². The van der Waals surface area contributed by atoms with Crippen LogP contribution in [0, 0.1) is 6.92 Å². The van der Waals surface area contributed by atoms with E-state index >= 15 is 0 Å². The van der Waals surface area contributed by atoms with E-state index in [9.17, 15) is 0 Å². The van der Waals surface area contributed by atoms with Crippen molar-refractivity contribution < 1.29 is 0 Å². The van der Waals surface area contributed by atoms with Crippen LogP contribution in [0.1, 0.15) is 18.2 Å². The minimum absolute atomic E-state index is 0.576. The Hall–Kier alpha value is -1.13. The normalized spacial score (nSPS) is 21.9. The van der Waals surface area contributed by atoms with Gasteiger partial charge in [0.15, 0.2) is 0 Å². The van der Waals surface area contributed by atoms with Crippen molar-refractivity contribution in [2.75, 3.05) is 31.6 Å². The fourth-order valence-corrected chi connectivity index (χ4v) is 2.26. The van der Waals surface area contributed by atoms with Gasteiger partial charge in [-0.15, -0.1) is 0 Å². The highest BCUT2D eigenvalue weighted by molar-refractivity contribution is 5.43. The number of nitrogens with zero attached hydrogens (tertiary/aromatic N) is 3. The third-order valence-corrected chi connectivity index (χ3v) is 3.52. The molecule has 0 aromatic carbocycles. The van der Waals surface area contributed by atoms with Gasteiger partial charge in [-0.25, -0.2) is 4.98 Å². The van der Waals surface area contributed by atoms with Gasteiger partial charge in [0.2, 0.25) is 0 Å². The van der Waals surface area contributed by atoms with Crippen LogP contribution in [0.15, 0.2) is 12.1 Å². The molecule has 0 spiro atoms. The molecule has 2 N–H and O–H groups in total. The number of piperazine rings is 1. The Morgan fingerprint density at radius 1 is 1.41 bits per heavy atom. The van der Waals surface area contributed by atoms with Crippen molar-refractivity contribution in [1.29, 1.82) is 0 Å². The summed E-state index contributed by atoms with van der Waals surface area (Å²) in [5.41, 5.74) is 7.93. The molecular formula is C13H22N4. The average Bonchev–Trinajstić information content (AvgIpc) is 2.32. The van der Waals surface area contributed by atoms with Crippen LogP contribution in [0.2, 0.25) is 0 Å². The largest absolute Gasteiger partial charge is 0.354 e. The number of hydrogen-bond donors (Lipinski definition) is 1. The summed E-state index contributed by atoms with van der Waals surface area (Å²) in [7, 11) is 2.18. The summed E-state index contributed by atoms with van der Waals surface area (Å²) in [6.45, 7) is 8.04. The van der Waals surface area contributed by atoms with Gasteiger partial charge in [-0.05, 0) is 38.6 Å². The number of anilines is 1. The van der Waals surface area contributed by atoms with Crippen molar-refractivity contribution >= 4 is 5.82 Å². The Bertz CT molecular complexity index is 391. The first kappa shape index (κ1) is 12.3. The van der Waals surface area contributed by atoms with E-state index in [4.69, 9.17) is 5.73 Å². The minimum Gasteiger partial charge on any atom is -0.354 e. The lowest BCUT2D eigenvalue weighted by Gasteiger charge is -2.38. The Kier molecular flexibility index (Phi) is 3.64. The predicted molar refractivity (Wildman–Crippen MR) is 71.2 cm³/mol. The van der Waals surface area contributed by atoms with E-state index in [1.807, 2.05) is 6.92 Å². The van der Waals surface area contributed by atoms with E-state index in [-0.39, 0.29) is 0 Å². The fraction of sp³-hybridized carbons (Fsp3) is 0.615. The molecule has 0 radical (unpaired) electrons. The molecule has 2 rings (SSSR count). The molecule has 0 aliphatic carbocycles. The van der Waals surface area contributed by atoms with Crippen LogP contribution in [0.4, 0.5) is 5.82 Å². The molecule has 1 aromatic rings. The number of rotatable bonds is 2. The van der Waals surface area contributed by atoms with Gasteiger partial charge in [0.05, 0.1) is 0 Å². The van der Waals surface area contributed by atoms with E-state index in [0.29, 0.717) is 12.6 Å². The summed E-state index contributed by atoms with van der Waals surface area (Å²) in [6.07, 6.45) is 0. The molecule has 1 aliphatic rings. The van der Waals surface area contributed by atoms with Crippen LogP contribution >= 0.6 is 0 Å². The van der Waals surface area contributed by atoms with Crippen molar-refractivity contribution in [2.24, 2.45) is 5.73 Å². The number of nitrogens with two attached hydrogens (primary N) is 1. The van der Waals surface area contributed by atoms with E-state index in [2.05, 4.69) is 40.9 Å². The molecule has 4 heteroatoms. The van der Waals surface area contributed by atoms with E-state index < -0.39 is 0 Å². The Balaban J connectivity index is 2.19. The lowest BCUT2D eigenvalue weighted by molar-refractivity contribution is 0.233. The third-order valence-electron chi connectivity index (χ3n) is 3.52. The molecular weight excluding hydrogens is 212 g/mol. The zero-order valence-corrected chi connectivity index (χ0v) is 11.0. The van der Waals surface area contributed by atoms with Crippen molar-refractivity contribution in [3.05, 3.63) is 23.4 Å². The standard InChI is InChI=1S/C13H22N4/c1-10-6-12(8-14)7-13(15-10)17-5-4-16(3)11(2)9-17/h6-7,11H,4-5,8-9,14H2,1-3H3. The Morgan fingerprint density at radius 3 is 2.82 bits per heavy atom. The van der Waals surface area contributed by atoms with Crippen LogP contribution in [-0.4, -0.2) is 42.6 Å². The van der Waals surface area contributed by atoms with Gasteiger partial charge in [0, 0.05) is 37.9 Å². The van der Waals surface area contributed by atoms with Crippen molar-refractivity contribution in [2.45, 2.75) is 26.4 Å². The molecule has 2 heterocycles. The maximum absolute atomic E-state index is 5.71. The first-order valence-corrected chi connectivity index (χ1v) is 6.23. The first-order valence-electron chi connectivity index (χ1n) is 6.23. The molecule has 1 fully saturated rings. The lowest BCUT2D eigenvalue weighted by atomic mass is 10.1.